The molecule has 1 aromatic carbocycles. The zero-order valence-electron chi connectivity index (χ0n) is 10.9. The number of fused-ring (bicyclic) bond motifs is 1. The Labute approximate surface area is 111 Å². The molecule has 19 heavy (non-hydrogen) atoms. The second kappa shape index (κ2) is 5.56. The molecule has 0 amide bonds. The maximum Gasteiger partial charge on any atom is 0.322 e. The lowest BCUT2D eigenvalue weighted by atomic mass is 10.1. The fourth-order valence-corrected chi connectivity index (χ4v) is 1.80. The maximum atomic E-state index is 10.6. The third-order valence-electron chi connectivity index (χ3n) is 2.51. The molecule has 0 saturated heterocycles. The second-order valence-corrected chi connectivity index (χ2v) is 4.45. The molecule has 0 unspecified atom stereocenters. The van der Waals surface area contributed by atoms with E-state index in [4.69, 9.17) is 9.84 Å². The van der Waals surface area contributed by atoms with Crippen LogP contribution in [0.15, 0.2) is 30.5 Å². The van der Waals surface area contributed by atoms with Crippen molar-refractivity contribution in [1.29, 1.82) is 0 Å². The van der Waals surface area contributed by atoms with Crippen molar-refractivity contribution < 1.29 is 14.6 Å². The maximum absolute atomic E-state index is 10.6. The molecule has 0 fully saturated rings. The molecule has 0 radical (unpaired) electrons. The molecule has 2 rings (SSSR count). The van der Waals surface area contributed by atoms with Crippen LogP contribution in [0.25, 0.3) is 10.9 Å². The second-order valence-electron chi connectivity index (χ2n) is 4.45. The van der Waals surface area contributed by atoms with Crippen LogP contribution in [0.3, 0.4) is 0 Å². The molecular weight excluding hydrogens is 244 g/mol. The summed E-state index contributed by atoms with van der Waals surface area (Å²) in [5.74, 6) is -0.159. The SMILES string of the molecule is CC(C)Oc1ccc2nccc(NCC(=O)O)c2c1. The highest BCUT2D eigenvalue weighted by Gasteiger charge is 2.06. The van der Waals surface area contributed by atoms with E-state index in [9.17, 15) is 4.79 Å². The molecule has 0 spiro atoms. The van der Waals surface area contributed by atoms with Crippen LogP contribution in [-0.2, 0) is 4.79 Å². The van der Waals surface area contributed by atoms with Crippen LogP contribution in [0, 0.1) is 0 Å². The average molecular weight is 260 g/mol. The molecule has 0 bridgehead atoms. The summed E-state index contributed by atoms with van der Waals surface area (Å²) < 4.78 is 5.63. The summed E-state index contributed by atoms with van der Waals surface area (Å²) >= 11 is 0. The highest BCUT2D eigenvalue weighted by Crippen LogP contribution is 2.26. The Balaban J connectivity index is 2.37. The zero-order valence-corrected chi connectivity index (χ0v) is 10.9. The Hall–Kier alpha value is -2.30. The number of benzene rings is 1. The molecule has 0 aliphatic heterocycles. The topological polar surface area (TPSA) is 71.5 Å². The van der Waals surface area contributed by atoms with Crippen molar-refractivity contribution in [2.24, 2.45) is 0 Å². The Bertz CT molecular complexity index is 596. The lowest BCUT2D eigenvalue weighted by Crippen LogP contribution is -2.12. The molecule has 1 aromatic heterocycles. The summed E-state index contributed by atoms with van der Waals surface area (Å²) in [6.45, 7) is 3.78. The minimum atomic E-state index is -0.903. The van der Waals surface area contributed by atoms with Crippen LogP contribution >= 0.6 is 0 Å². The Morgan fingerprint density at radius 2 is 2.21 bits per heavy atom. The third kappa shape index (κ3) is 3.34. The first kappa shape index (κ1) is 13.1. The standard InChI is InChI=1S/C14H16N2O3/c1-9(2)19-10-3-4-12-11(7-10)13(5-6-15-12)16-8-14(17)18/h3-7,9H,8H2,1-2H3,(H,15,16)(H,17,18). The normalized spacial score (nSPS) is 10.7. The van der Waals surface area contributed by atoms with Gasteiger partial charge in [-0.3, -0.25) is 9.78 Å². The van der Waals surface area contributed by atoms with Gasteiger partial charge in [-0.1, -0.05) is 0 Å². The van der Waals surface area contributed by atoms with E-state index in [0.717, 1.165) is 22.3 Å². The molecule has 2 aromatic rings. The smallest absolute Gasteiger partial charge is 0.322 e. The van der Waals surface area contributed by atoms with E-state index in [2.05, 4.69) is 10.3 Å². The van der Waals surface area contributed by atoms with Gasteiger partial charge in [0, 0.05) is 17.3 Å². The number of carboxylic acid groups (broad SMARTS) is 1. The number of pyridine rings is 1. The highest BCUT2D eigenvalue weighted by molar-refractivity contribution is 5.93. The van der Waals surface area contributed by atoms with Crippen LogP contribution in [0.2, 0.25) is 0 Å². The van der Waals surface area contributed by atoms with E-state index in [1.165, 1.54) is 0 Å². The van der Waals surface area contributed by atoms with Crippen molar-refractivity contribution in [1.82, 2.24) is 4.98 Å². The van der Waals surface area contributed by atoms with E-state index >= 15 is 0 Å². The van der Waals surface area contributed by atoms with E-state index in [-0.39, 0.29) is 12.6 Å². The van der Waals surface area contributed by atoms with Crippen molar-refractivity contribution in [2.45, 2.75) is 20.0 Å². The number of hydrogen-bond acceptors (Lipinski definition) is 4. The number of ether oxygens (including phenoxy) is 1. The predicted molar refractivity (Wildman–Crippen MR) is 73.6 cm³/mol. The number of aliphatic carboxylic acids is 1. The lowest BCUT2D eigenvalue weighted by Gasteiger charge is -2.12. The predicted octanol–water partition coefficient (Wildman–Crippen LogP) is 2.52. The van der Waals surface area contributed by atoms with Gasteiger partial charge in [0.25, 0.3) is 0 Å². The quantitative estimate of drug-likeness (QED) is 0.864. The Kier molecular flexibility index (Phi) is 3.85. The van der Waals surface area contributed by atoms with Gasteiger partial charge in [-0.2, -0.15) is 0 Å². The molecule has 5 nitrogen and oxygen atoms in total. The minimum absolute atomic E-state index is 0.0875. The number of carbonyl (C=O) groups is 1. The van der Waals surface area contributed by atoms with Crippen molar-refractivity contribution in [2.75, 3.05) is 11.9 Å². The molecule has 2 N–H and O–H groups in total. The summed E-state index contributed by atoms with van der Waals surface area (Å²) in [5.41, 5.74) is 1.54. The lowest BCUT2D eigenvalue weighted by molar-refractivity contribution is -0.134. The van der Waals surface area contributed by atoms with Gasteiger partial charge in [0.2, 0.25) is 0 Å². The number of nitrogens with zero attached hydrogens (tertiary/aromatic N) is 1. The number of carboxylic acids is 1. The van der Waals surface area contributed by atoms with E-state index in [1.807, 2.05) is 32.0 Å². The first-order chi connectivity index (χ1) is 9.06. The highest BCUT2D eigenvalue weighted by atomic mass is 16.5. The van der Waals surface area contributed by atoms with Gasteiger partial charge in [0.1, 0.15) is 12.3 Å². The molecule has 5 heteroatoms. The number of aromatic nitrogens is 1. The summed E-state index contributed by atoms with van der Waals surface area (Å²) in [4.78, 5) is 14.9. The molecule has 0 aliphatic rings. The van der Waals surface area contributed by atoms with Gasteiger partial charge < -0.3 is 15.2 Å². The third-order valence-corrected chi connectivity index (χ3v) is 2.51. The van der Waals surface area contributed by atoms with Crippen molar-refractivity contribution in [3.05, 3.63) is 30.5 Å². The summed E-state index contributed by atoms with van der Waals surface area (Å²) in [6, 6.07) is 7.34. The fraction of sp³-hybridized carbons (Fsp3) is 0.286. The Morgan fingerprint density at radius 1 is 1.42 bits per heavy atom. The summed E-state index contributed by atoms with van der Waals surface area (Å²) in [7, 11) is 0. The molecule has 0 saturated carbocycles. The van der Waals surface area contributed by atoms with Gasteiger partial charge in [-0.25, -0.2) is 0 Å². The van der Waals surface area contributed by atoms with Crippen LogP contribution in [0.5, 0.6) is 5.75 Å². The van der Waals surface area contributed by atoms with Crippen LogP contribution in [0.1, 0.15) is 13.8 Å². The number of nitrogens with one attached hydrogen (secondary N) is 1. The average Bonchev–Trinajstić information content (AvgIpc) is 2.35. The summed E-state index contributed by atoms with van der Waals surface area (Å²) in [5, 5.41) is 12.4. The van der Waals surface area contributed by atoms with Crippen LogP contribution < -0.4 is 10.1 Å². The van der Waals surface area contributed by atoms with Gasteiger partial charge in [0.05, 0.1) is 11.6 Å². The Morgan fingerprint density at radius 3 is 2.89 bits per heavy atom. The van der Waals surface area contributed by atoms with Gasteiger partial charge in [-0.05, 0) is 38.1 Å². The number of rotatable bonds is 5. The van der Waals surface area contributed by atoms with Crippen molar-refractivity contribution >= 4 is 22.6 Å². The van der Waals surface area contributed by atoms with Gasteiger partial charge in [0.15, 0.2) is 0 Å². The molecule has 100 valence electrons. The first-order valence-electron chi connectivity index (χ1n) is 6.07. The summed E-state index contributed by atoms with van der Waals surface area (Å²) in [6.07, 6.45) is 1.74. The van der Waals surface area contributed by atoms with Gasteiger partial charge >= 0.3 is 5.97 Å². The number of anilines is 1. The van der Waals surface area contributed by atoms with Crippen molar-refractivity contribution in [3.63, 3.8) is 0 Å². The molecule has 1 heterocycles. The van der Waals surface area contributed by atoms with Gasteiger partial charge in [-0.15, -0.1) is 0 Å². The number of hydrogen-bond donors (Lipinski definition) is 2. The van der Waals surface area contributed by atoms with Crippen molar-refractivity contribution in [3.8, 4) is 5.75 Å². The van der Waals surface area contributed by atoms with E-state index in [0.29, 0.717) is 0 Å². The minimum Gasteiger partial charge on any atom is -0.491 e. The molecular formula is C14H16N2O3. The van der Waals surface area contributed by atoms with E-state index < -0.39 is 5.97 Å². The monoisotopic (exact) mass is 260 g/mol. The van der Waals surface area contributed by atoms with Crippen LogP contribution in [0.4, 0.5) is 5.69 Å². The fourth-order valence-electron chi connectivity index (χ4n) is 1.80. The first-order valence-corrected chi connectivity index (χ1v) is 6.07. The molecule has 0 atom stereocenters. The van der Waals surface area contributed by atoms with E-state index in [1.54, 1.807) is 12.3 Å². The zero-order chi connectivity index (χ0) is 13.8. The largest absolute Gasteiger partial charge is 0.491 e. The van der Waals surface area contributed by atoms with Crippen LogP contribution in [-0.4, -0.2) is 28.7 Å². The molecule has 0 aliphatic carbocycles.